The van der Waals surface area contributed by atoms with E-state index in [1.807, 2.05) is 25.5 Å². The summed E-state index contributed by atoms with van der Waals surface area (Å²) in [5.74, 6) is 6.05. The third-order valence-electron chi connectivity index (χ3n) is 2.88. The van der Waals surface area contributed by atoms with E-state index in [-0.39, 0.29) is 11.9 Å². The predicted molar refractivity (Wildman–Crippen MR) is 84.9 cm³/mol. The number of nitrogens with zero attached hydrogens (tertiary/aromatic N) is 1. The van der Waals surface area contributed by atoms with Gasteiger partial charge < -0.3 is 16.0 Å². The molecule has 0 saturated heterocycles. The molecule has 5 heteroatoms. The second-order valence-electron chi connectivity index (χ2n) is 5.26. The molecule has 0 aliphatic heterocycles. The molecule has 0 fully saturated rings. The first-order valence-corrected chi connectivity index (χ1v) is 7.55. The lowest BCUT2D eigenvalue weighted by Crippen LogP contribution is -2.44. The molecule has 4 nitrogen and oxygen atoms in total. The minimum Gasteiger partial charge on any atom is -0.347 e. The van der Waals surface area contributed by atoms with Crippen LogP contribution in [0.2, 0.25) is 0 Å². The molecule has 20 heavy (non-hydrogen) atoms. The van der Waals surface area contributed by atoms with Crippen molar-refractivity contribution in [3.63, 3.8) is 0 Å². The summed E-state index contributed by atoms with van der Waals surface area (Å²) < 4.78 is 0. The molecule has 0 aliphatic rings. The van der Waals surface area contributed by atoms with Gasteiger partial charge in [-0.05, 0) is 31.5 Å². The summed E-state index contributed by atoms with van der Waals surface area (Å²) in [7, 11) is 4.01. The highest BCUT2D eigenvalue weighted by molar-refractivity contribution is 7.12. The minimum atomic E-state index is -0.0538. The largest absolute Gasteiger partial charge is 0.347 e. The maximum atomic E-state index is 12.4. The Morgan fingerprint density at radius 2 is 2.20 bits per heavy atom. The summed E-state index contributed by atoms with van der Waals surface area (Å²) in [6, 6.07) is 1.98. The Morgan fingerprint density at radius 3 is 2.75 bits per heavy atom. The smallest absolute Gasteiger partial charge is 0.262 e. The van der Waals surface area contributed by atoms with Gasteiger partial charge in [0.1, 0.15) is 4.88 Å². The van der Waals surface area contributed by atoms with E-state index >= 15 is 0 Å². The summed E-state index contributed by atoms with van der Waals surface area (Å²) in [5.41, 5.74) is 6.13. The van der Waals surface area contributed by atoms with Gasteiger partial charge in [0.15, 0.2) is 0 Å². The van der Waals surface area contributed by atoms with E-state index < -0.39 is 0 Å². The predicted octanol–water partition coefficient (Wildman–Crippen LogP) is 1.37. The van der Waals surface area contributed by atoms with Crippen molar-refractivity contribution in [1.29, 1.82) is 0 Å². The minimum absolute atomic E-state index is 0.0538. The van der Waals surface area contributed by atoms with Crippen molar-refractivity contribution in [2.45, 2.75) is 19.9 Å². The van der Waals surface area contributed by atoms with Crippen LogP contribution >= 0.6 is 11.3 Å². The molecule has 0 aliphatic carbocycles. The fourth-order valence-electron chi connectivity index (χ4n) is 1.78. The molecule has 0 aromatic carbocycles. The monoisotopic (exact) mass is 293 g/mol. The van der Waals surface area contributed by atoms with Crippen LogP contribution in [0.25, 0.3) is 0 Å². The summed E-state index contributed by atoms with van der Waals surface area (Å²) in [6.07, 6.45) is 0. The Balaban J connectivity index is 2.81. The number of rotatable bonds is 5. The van der Waals surface area contributed by atoms with E-state index in [1.54, 1.807) is 0 Å². The van der Waals surface area contributed by atoms with Crippen molar-refractivity contribution in [3.05, 3.63) is 21.9 Å². The van der Waals surface area contributed by atoms with Gasteiger partial charge in [-0.25, -0.2) is 0 Å². The topological polar surface area (TPSA) is 58.4 Å². The van der Waals surface area contributed by atoms with Crippen LogP contribution in [0.5, 0.6) is 0 Å². The second kappa shape index (κ2) is 8.05. The molecule has 0 radical (unpaired) electrons. The average Bonchev–Trinajstić information content (AvgIpc) is 2.83. The molecule has 0 bridgehead atoms. The van der Waals surface area contributed by atoms with Gasteiger partial charge in [-0.3, -0.25) is 4.79 Å². The van der Waals surface area contributed by atoms with Gasteiger partial charge in [-0.2, -0.15) is 0 Å². The number of hydrogen-bond acceptors (Lipinski definition) is 4. The summed E-state index contributed by atoms with van der Waals surface area (Å²) in [4.78, 5) is 15.1. The Bertz CT molecular complexity index is 497. The maximum Gasteiger partial charge on any atom is 0.262 e. The van der Waals surface area contributed by atoms with Crippen LogP contribution < -0.4 is 11.1 Å². The van der Waals surface area contributed by atoms with Crippen LogP contribution in [-0.2, 0) is 0 Å². The highest BCUT2D eigenvalue weighted by Crippen LogP contribution is 2.16. The maximum absolute atomic E-state index is 12.4. The molecule has 1 amide bonds. The fraction of sp³-hybridized carbons (Fsp3) is 0.533. The average molecular weight is 293 g/mol. The lowest BCUT2D eigenvalue weighted by molar-refractivity contribution is 0.0920. The van der Waals surface area contributed by atoms with E-state index in [9.17, 15) is 4.79 Å². The molecule has 1 heterocycles. The van der Waals surface area contributed by atoms with Gasteiger partial charge in [0.25, 0.3) is 5.91 Å². The summed E-state index contributed by atoms with van der Waals surface area (Å²) in [6.45, 7) is 5.33. The van der Waals surface area contributed by atoms with Gasteiger partial charge >= 0.3 is 0 Å². The van der Waals surface area contributed by atoms with Gasteiger partial charge in [-0.1, -0.05) is 25.7 Å². The molecule has 0 spiro atoms. The molecular formula is C15H23N3OS. The highest BCUT2D eigenvalue weighted by atomic mass is 32.1. The zero-order valence-corrected chi connectivity index (χ0v) is 13.4. The quantitative estimate of drug-likeness (QED) is 0.806. The van der Waals surface area contributed by atoms with Gasteiger partial charge in [0.05, 0.1) is 6.54 Å². The number of thiophene rings is 1. The van der Waals surface area contributed by atoms with E-state index in [0.717, 1.165) is 12.1 Å². The third-order valence-corrected chi connectivity index (χ3v) is 3.79. The first kappa shape index (κ1) is 16.7. The number of amides is 1. The summed E-state index contributed by atoms with van der Waals surface area (Å²) >= 11 is 1.41. The van der Waals surface area contributed by atoms with Crippen LogP contribution in [0.3, 0.4) is 0 Å². The van der Waals surface area contributed by atoms with Crippen LogP contribution in [0.1, 0.15) is 29.1 Å². The van der Waals surface area contributed by atoms with Gasteiger partial charge in [-0.15, -0.1) is 11.3 Å². The molecular weight excluding hydrogens is 270 g/mol. The Hall–Kier alpha value is -1.35. The van der Waals surface area contributed by atoms with Crippen molar-refractivity contribution >= 4 is 17.2 Å². The normalized spacial score (nSPS) is 12.2. The Labute approximate surface area is 125 Å². The highest BCUT2D eigenvalue weighted by Gasteiger charge is 2.20. The lowest BCUT2D eigenvalue weighted by atomic mass is 10.0. The second-order valence-corrected chi connectivity index (χ2v) is 6.17. The van der Waals surface area contributed by atoms with Crippen LogP contribution in [0.4, 0.5) is 0 Å². The number of nitrogens with one attached hydrogen (secondary N) is 1. The number of carbonyl (C=O) groups excluding carboxylic acids is 1. The number of carbonyl (C=O) groups is 1. The van der Waals surface area contributed by atoms with E-state index in [4.69, 9.17) is 5.73 Å². The molecule has 1 unspecified atom stereocenters. The fourth-order valence-corrected chi connectivity index (χ4v) is 2.53. The van der Waals surface area contributed by atoms with E-state index in [2.05, 4.69) is 35.9 Å². The van der Waals surface area contributed by atoms with Gasteiger partial charge in [0, 0.05) is 18.2 Å². The van der Waals surface area contributed by atoms with Crippen LogP contribution in [0, 0.1) is 17.8 Å². The first-order valence-electron chi connectivity index (χ1n) is 6.67. The molecule has 0 saturated carbocycles. The first-order chi connectivity index (χ1) is 9.45. The standard InChI is InChI=1S/C15H23N3OS/c1-11(2)13(10-18(3)4)17-15(19)14-12(6-5-8-16)7-9-20-14/h7,9,11,13H,8,10,16H2,1-4H3,(H,17,19). The van der Waals surface area contributed by atoms with Crippen LogP contribution in [0.15, 0.2) is 11.4 Å². The van der Waals surface area contributed by atoms with E-state index in [0.29, 0.717) is 17.3 Å². The van der Waals surface area contributed by atoms with Crippen molar-refractivity contribution in [3.8, 4) is 11.8 Å². The van der Waals surface area contributed by atoms with Gasteiger partial charge in [0.2, 0.25) is 0 Å². The SMILES string of the molecule is CC(C)C(CN(C)C)NC(=O)c1sccc1C#CCN. The zero-order valence-electron chi connectivity index (χ0n) is 12.6. The lowest BCUT2D eigenvalue weighted by Gasteiger charge is -2.25. The molecule has 1 rings (SSSR count). The van der Waals surface area contributed by atoms with E-state index in [1.165, 1.54) is 11.3 Å². The number of likely N-dealkylation sites (N-methyl/N-ethyl adjacent to an activating group) is 1. The van der Waals surface area contributed by atoms with Crippen molar-refractivity contribution in [2.24, 2.45) is 11.7 Å². The Kier molecular flexibility index (Phi) is 6.73. The number of nitrogens with two attached hydrogens (primary N) is 1. The van der Waals surface area contributed by atoms with Crippen molar-refractivity contribution in [1.82, 2.24) is 10.2 Å². The third kappa shape index (κ3) is 4.97. The molecule has 110 valence electrons. The van der Waals surface area contributed by atoms with Crippen LogP contribution in [-0.4, -0.2) is 44.0 Å². The Morgan fingerprint density at radius 1 is 1.50 bits per heavy atom. The van der Waals surface area contributed by atoms with Crippen molar-refractivity contribution in [2.75, 3.05) is 27.2 Å². The van der Waals surface area contributed by atoms with Crippen molar-refractivity contribution < 1.29 is 4.79 Å². The molecule has 1 atom stereocenters. The molecule has 1 aromatic heterocycles. The molecule has 1 aromatic rings. The zero-order chi connectivity index (χ0) is 15.1. The molecule has 3 N–H and O–H groups in total. The summed E-state index contributed by atoms with van der Waals surface area (Å²) in [5, 5.41) is 4.98. The number of hydrogen-bond donors (Lipinski definition) is 2.